The van der Waals surface area contributed by atoms with Crippen molar-refractivity contribution in [2.24, 2.45) is 10.8 Å². The van der Waals surface area contributed by atoms with Gasteiger partial charge >= 0.3 is 0 Å². The highest BCUT2D eigenvalue weighted by Crippen LogP contribution is 2.68. The molecule has 1 spiro atoms. The summed E-state index contributed by atoms with van der Waals surface area (Å²) in [6.45, 7) is 4.25. The quantitative estimate of drug-likeness (QED) is 0.703. The molecule has 1 amide bonds. The fourth-order valence-electron chi connectivity index (χ4n) is 4.15. The van der Waals surface area contributed by atoms with E-state index in [9.17, 15) is 9.90 Å². The Bertz CT molecular complexity index is 357. The summed E-state index contributed by atoms with van der Waals surface area (Å²) in [5, 5.41) is 16.1. The summed E-state index contributed by atoms with van der Waals surface area (Å²) < 4.78 is 0. The first-order chi connectivity index (χ1) is 9.06. The third kappa shape index (κ3) is 2.29. The molecule has 1 saturated heterocycles. The van der Waals surface area contributed by atoms with Gasteiger partial charge in [0.1, 0.15) is 0 Å². The molecule has 3 rings (SSSR count). The van der Waals surface area contributed by atoms with Crippen LogP contribution in [0.2, 0.25) is 0 Å². The van der Waals surface area contributed by atoms with Crippen molar-refractivity contribution < 1.29 is 9.90 Å². The van der Waals surface area contributed by atoms with Crippen molar-refractivity contribution in [1.82, 2.24) is 10.6 Å². The van der Waals surface area contributed by atoms with Crippen molar-refractivity contribution >= 4 is 5.91 Å². The molecule has 1 aliphatic heterocycles. The van der Waals surface area contributed by atoms with Crippen LogP contribution in [0.25, 0.3) is 0 Å². The van der Waals surface area contributed by atoms with Gasteiger partial charge in [-0.1, -0.05) is 6.92 Å². The van der Waals surface area contributed by atoms with Gasteiger partial charge in [-0.25, -0.2) is 0 Å². The minimum absolute atomic E-state index is 0.134. The minimum atomic E-state index is -0.152. The molecular weight excluding hydrogens is 240 g/mol. The second-order valence-corrected chi connectivity index (χ2v) is 7.02. The van der Waals surface area contributed by atoms with Crippen molar-refractivity contribution in [2.45, 2.75) is 64.0 Å². The Morgan fingerprint density at radius 1 is 1.21 bits per heavy atom. The zero-order valence-electron chi connectivity index (χ0n) is 11.9. The Balaban J connectivity index is 1.56. The summed E-state index contributed by atoms with van der Waals surface area (Å²) in [5.74, 6) is 0.260. The van der Waals surface area contributed by atoms with Gasteiger partial charge < -0.3 is 15.7 Å². The van der Waals surface area contributed by atoms with Crippen LogP contribution in [0.3, 0.4) is 0 Å². The molecule has 2 saturated carbocycles. The van der Waals surface area contributed by atoms with Crippen LogP contribution in [0.15, 0.2) is 0 Å². The zero-order valence-corrected chi connectivity index (χ0v) is 11.9. The maximum absolute atomic E-state index is 12.6. The molecule has 19 heavy (non-hydrogen) atoms. The highest BCUT2D eigenvalue weighted by atomic mass is 16.3. The van der Waals surface area contributed by atoms with E-state index < -0.39 is 0 Å². The van der Waals surface area contributed by atoms with Crippen molar-refractivity contribution in [3.63, 3.8) is 0 Å². The van der Waals surface area contributed by atoms with Gasteiger partial charge in [-0.3, -0.25) is 4.79 Å². The fourth-order valence-corrected chi connectivity index (χ4v) is 4.15. The largest absolute Gasteiger partial charge is 0.393 e. The van der Waals surface area contributed by atoms with E-state index in [0.29, 0.717) is 0 Å². The lowest BCUT2D eigenvalue weighted by Gasteiger charge is -2.30. The van der Waals surface area contributed by atoms with Crippen LogP contribution in [-0.4, -0.2) is 36.2 Å². The number of aliphatic hydroxyl groups excluding tert-OH is 1. The summed E-state index contributed by atoms with van der Waals surface area (Å²) >= 11 is 0. The van der Waals surface area contributed by atoms with E-state index in [4.69, 9.17) is 0 Å². The zero-order chi connectivity index (χ0) is 13.5. The number of nitrogens with one attached hydrogen (secondary N) is 2. The van der Waals surface area contributed by atoms with Gasteiger partial charge in [0.05, 0.1) is 11.5 Å². The summed E-state index contributed by atoms with van der Waals surface area (Å²) in [4.78, 5) is 12.6. The Kier molecular flexibility index (Phi) is 3.34. The molecule has 0 aromatic carbocycles. The molecule has 0 radical (unpaired) electrons. The number of piperidine rings is 1. The van der Waals surface area contributed by atoms with E-state index in [1.807, 2.05) is 0 Å². The summed E-state index contributed by atoms with van der Waals surface area (Å²) in [7, 11) is 0. The highest BCUT2D eigenvalue weighted by molar-refractivity contribution is 5.87. The average molecular weight is 266 g/mol. The first kappa shape index (κ1) is 13.4. The van der Waals surface area contributed by atoms with Crippen LogP contribution < -0.4 is 10.6 Å². The van der Waals surface area contributed by atoms with Crippen LogP contribution in [0, 0.1) is 10.8 Å². The number of aliphatic hydroxyl groups is 1. The molecule has 1 unspecified atom stereocenters. The van der Waals surface area contributed by atoms with Gasteiger partial charge in [0, 0.05) is 6.04 Å². The van der Waals surface area contributed by atoms with Gasteiger partial charge in [-0.05, 0) is 63.5 Å². The molecule has 0 aromatic rings. The van der Waals surface area contributed by atoms with Crippen LogP contribution in [0.5, 0.6) is 0 Å². The number of hydrogen-bond acceptors (Lipinski definition) is 3. The predicted octanol–water partition coefficient (Wildman–Crippen LogP) is 1.19. The predicted molar refractivity (Wildman–Crippen MR) is 73.7 cm³/mol. The van der Waals surface area contributed by atoms with Gasteiger partial charge in [0.15, 0.2) is 0 Å². The van der Waals surface area contributed by atoms with E-state index in [-0.39, 0.29) is 28.9 Å². The lowest BCUT2D eigenvalue weighted by Crippen LogP contribution is -2.44. The molecule has 0 bridgehead atoms. The van der Waals surface area contributed by atoms with Gasteiger partial charge in [0.25, 0.3) is 0 Å². The van der Waals surface area contributed by atoms with Crippen LogP contribution in [0.1, 0.15) is 51.9 Å². The maximum Gasteiger partial charge on any atom is 0.226 e. The van der Waals surface area contributed by atoms with Crippen molar-refractivity contribution in [3.05, 3.63) is 0 Å². The van der Waals surface area contributed by atoms with E-state index in [2.05, 4.69) is 17.6 Å². The molecule has 3 aliphatic rings. The van der Waals surface area contributed by atoms with Crippen molar-refractivity contribution in [2.75, 3.05) is 13.1 Å². The summed E-state index contributed by atoms with van der Waals surface area (Å²) in [6.07, 6.45) is 6.70. The molecule has 1 heterocycles. The standard InChI is InChI=1S/C15H26N2O2/c1-14(10-15(14)6-8-16-9-7-15)13(19)17-11-2-4-12(18)5-3-11/h11-12,16,18H,2-10H2,1H3,(H,17,19). The Morgan fingerprint density at radius 3 is 2.47 bits per heavy atom. The molecule has 3 N–H and O–H groups in total. The minimum Gasteiger partial charge on any atom is -0.393 e. The van der Waals surface area contributed by atoms with Crippen molar-refractivity contribution in [1.29, 1.82) is 0 Å². The first-order valence-corrected chi connectivity index (χ1v) is 7.76. The molecule has 4 nitrogen and oxygen atoms in total. The molecule has 3 fully saturated rings. The van der Waals surface area contributed by atoms with E-state index in [1.54, 1.807) is 0 Å². The average Bonchev–Trinajstić information content (AvgIpc) is 2.98. The second kappa shape index (κ2) is 4.74. The monoisotopic (exact) mass is 266 g/mol. The van der Waals surface area contributed by atoms with Gasteiger partial charge in [0.2, 0.25) is 5.91 Å². The van der Waals surface area contributed by atoms with Crippen LogP contribution in [0.4, 0.5) is 0 Å². The molecule has 2 aliphatic carbocycles. The van der Waals surface area contributed by atoms with Crippen LogP contribution in [-0.2, 0) is 4.79 Å². The number of carbonyl (C=O) groups is 1. The summed E-state index contributed by atoms with van der Waals surface area (Å²) in [5.41, 5.74) is 0.141. The fraction of sp³-hybridized carbons (Fsp3) is 0.933. The molecule has 4 heteroatoms. The highest BCUT2D eigenvalue weighted by Gasteiger charge is 2.67. The smallest absolute Gasteiger partial charge is 0.226 e. The topological polar surface area (TPSA) is 61.4 Å². The van der Waals surface area contributed by atoms with E-state index >= 15 is 0 Å². The Hall–Kier alpha value is -0.610. The summed E-state index contributed by atoms with van der Waals surface area (Å²) in [6, 6.07) is 0.284. The SMILES string of the molecule is CC1(C(=O)NC2CCC(O)CC2)CC12CCNCC2. The van der Waals surface area contributed by atoms with Gasteiger partial charge in [-0.15, -0.1) is 0 Å². The third-order valence-corrected chi connectivity index (χ3v) is 5.83. The number of amides is 1. The van der Waals surface area contributed by atoms with E-state index in [0.717, 1.165) is 58.0 Å². The molecule has 108 valence electrons. The number of hydrogen-bond donors (Lipinski definition) is 3. The number of rotatable bonds is 2. The molecule has 1 atom stereocenters. The maximum atomic E-state index is 12.6. The third-order valence-electron chi connectivity index (χ3n) is 5.83. The van der Waals surface area contributed by atoms with Crippen LogP contribution >= 0.6 is 0 Å². The molecule has 0 aromatic heterocycles. The normalized spacial score (nSPS) is 40.9. The number of carbonyl (C=O) groups excluding carboxylic acids is 1. The van der Waals surface area contributed by atoms with Crippen molar-refractivity contribution in [3.8, 4) is 0 Å². The van der Waals surface area contributed by atoms with E-state index in [1.165, 1.54) is 0 Å². The Labute approximate surface area is 115 Å². The lowest BCUT2D eigenvalue weighted by molar-refractivity contribution is -0.128. The molecular formula is C15H26N2O2. The second-order valence-electron chi connectivity index (χ2n) is 7.02. The lowest BCUT2D eigenvalue weighted by atomic mass is 9.84. The van der Waals surface area contributed by atoms with Gasteiger partial charge in [-0.2, -0.15) is 0 Å². The first-order valence-electron chi connectivity index (χ1n) is 7.76. The Morgan fingerprint density at radius 2 is 1.84 bits per heavy atom.